The monoisotopic (exact) mass is 251 g/mol. The Balaban J connectivity index is 2.03. The van der Waals surface area contributed by atoms with Crippen molar-refractivity contribution in [2.24, 2.45) is 0 Å². The van der Waals surface area contributed by atoms with Gasteiger partial charge in [-0.2, -0.15) is 0 Å². The van der Waals surface area contributed by atoms with E-state index in [4.69, 9.17) is 4.74 Å². The van der Waals surface area contributed by atoms with Gasteiger partial charge in [0.2, 0.25) is 5.91 Å². The van der Waals surface area contributed by atoms with Crippen LogP contribution in [0.3, 0.4) is 0 Å². The van der Waals surface area contributed by atoms with Crippen molar-refractivity contribution in [3.63, 3.8) is 0 Å². The maximum absolute atomic E-state index is 11.8. The maximum atomic E-state index is 11.8. The van der Waals surface area contributed by atoms with Crippen LogP contribution in [0.25, 0.3) is 0 Å². The first kappa shape index (κ1) is 12.6. The van der Waals surface area contributed by atoms with Gasteiger partial charge < -0.3 is 10.1 Å². The van der Waals surface area contributed by atoms with Gasteiger partial charge in [0.15, 0.2) is 0 Å². The number of rotatable bonds is 5. The van der Waals surface area contributed by atoms with E-state index < -0.39 is 0 Å². The minimum atomic E-state index is -0.196. The van der Waals surface area contributed by atoms with Crippen molar-refractivity contribution in [1.29, 1.82) is 0 Å². The van der Waals surface area contributed by atoms with Crippen LogP contribution >= 0.6 is 0 Å². The third-order valence-corrected chi connectivity index (χ3v) is 2.79. The Kier molecular flexibility index (Phi) is 3.64. The highest BCUT2D eigenvalue weighted by Gasteiger charge is 2.23. The van der Waals surface area contributed by atoms with E-state index in [1.54, 1.807) is 6.92 Å². The number of hydrogen-bond donors (Lipinski definition) is 1. The molecular weight excluding hydrogens is 234 g/mol. The van der Waals surface area contributed by atoms with Crippen molar-refractivity contribution in [2.75, 3.05) is 7.11 Å². The summed E-state index contributed by atoms with van der Waals surface area (Å²) in [5, 5.41) is 2.88. The molecule has 0 radical (unpaired) electrons. The lowest BCUT2D eigenvalue weighted by Crippen LogP contribution is -2.29. The molecule has 1 N–H and O–H groups in total. The molecular formula is C12H17N3O3. The highest BCUT2D eigenvalue weighted by atomic mass is 16.5. The first-order chi connectivity index (χ1) is 8.60. The maximum Gasteiger partial charge on any atom is 0.299 e. The molecule has 0 aliphatic heterocycles. The molecule has 0 atom stereocenters. The number of aryl methyl sites for hydroxylation is 1. The number of hydrogen-bond acceptors (Lipinski definition) is 4. The van der Waals surface area contributed by atoms with Crippen LogP contribution in [0.15, 0.2) is 10.9 Å². The molecule has 1 aromatic rings. The van der Waals surface area contributed by atoms with Crippen molar-refractivity contribution in [1.82, 2.24) is 14.9 Å². The van der Waals surface area contributed by atoms with Gasteiger partial charge in [-0.1, -0.05) is 0 Å². The number of ether oxygens (including phenoxy) is 1. The topological polar surface area (TPSA) is 73.2 Å². The molecule has 1 heterocycles. The van der Waals surface area contributed by atoms with Crippen LogP contribution in [-0.2, 0) is 11.3 Å². The van der Waals surface area contributed by atoms with E-state index in [2.05, 4.69) is 10.3 Å². The summed E-state index contributed by atoms with van der Waals surface area (Å²) in [6.07, 6.45) is 2.37. The summed E-state index contributed by atoms with van der Waals surface area (Å²) < 4.78 is 6.43. The molecule has 6 heteroatoms. The van der Waals surface area contributed by atoms with Crippen LogP contribution < -0.4 is 15.6 Å². The summed E-state index contributed by atoms with van der Waals surface area (Å²) in [7, 11) is 1.46. The first-order valence-electron chi connectivity index (χ1n) is 6.02. The van der Waals surface area contributed by atoms with Crippen LogP contribution in [-0.4, -0.2) is 28.6 Å². The second kappa shape index (κ2) is 5.20. The molecule has 0 aromatic carbocycles. The van der Waals surface area contributed by atoms with E-state index in [0.717, 1.165) is 12.8 Å². The fourth-order valence-electron chi connectivity index (χ4n) is 1.70. The molecule has 2 rings (SSSR count). The molecule has 98 valence electrons. The standard InChI is InChI=1S/C12H17N3O3/c1-8-7-11(17)15(12(13-8)18-2)6-5-10(16)14-9-3-4-9/h7,9H,3-6H2,1-2H3,(H,14,16). The van der Waals surface area contributed by atoms with Gasteiger partial charge >= 0.3 is 0 Å². The van der Waals surface area contributed by atoms with Crippen molar-refractivity contribution < 1.29 is 9.53 Å². The van der Waals surface area contributed by atoms with Gasteiger partial charge in [0.25, 0.3) is 11.6 Å². The smallest absolute Gasteiger partial charge is 0.299 e. The van der Waals surface area contributed by atoms with Crippen LogP contribution in [0.1, 0.15) is 25.0 Å². The highest BCUT2D eigenvalue weighted by Crippen LogP contribution is 2.18. The lowest BCUT2D eigenvalue weighted by atomic mass is 10.3. The van der Waals surface area contributed by atoms with Gasteiger partial charge in [-0.05, 0) is 19.8 Å². The van der Waals surface area contributed by atoms with Crippen molar-refractivity contribution in [3.05, 3.63) is 22.1 Å². The first-order valence-corrected chi connectivity index (χ1v) is 6.02. The Morgan fingerprint density at radius 3 is 2.94 bits per heavy atom. The lowest BCUT2D eigenvalue weighted by Gasteiger charge is -2.10. The molecule has 1 aliphatic carbocycles. The van der Waals surface area contributed by atoms with E-state index in [0.29, 0.717) is 11.7 Å². The average Bonchev–Trinajstić information content (AvgIpc) is 3.10. The van der Waals surface area contributed by atoms with Crippen molar-refractivity contribution in [3.8, 4) is 6.01 Å². The largest absolute Gasteiger partial charge is 0.468 e. The van der Waals surface area contributed by atoms with Crippen LogP contribution in [0, 0.1) is 6.92 Å². The predicted octanol–water partition coefficient (Wildman–Crippen LogP) is 0.229. The number of nitrogens with one attached hydrogen (secondary N) is 1. The number of carbonyl (C=O) groups excluding carboxylic acids is 1. The molecule has 1 amide bonds. The van der Waals surface area contributed by atoms with Gasteiger partial charge in [-0.25, -0.2) is 4.98 Å². The predicted molar refractivity (Wildman–Crippen MR) is 65.6 cm³/mol. The molecule has 6 nitrogen and oxygen atoms in total. The quantitative estimate of drug-likeness (QED) is 0.813. The normalized spacial score (nSPS) is 14.3. The number of amides is 1. The number of carbonyl (C=O) groups is 1. The van der Waals surface area contributed by atoms with Crippen LogP contribution in [0.4, 0.5) is 0 Å². The molecule has 1 saturated carbocycles. The van der Waals surface area contributed by atoms with Gasteiger partial charge in [-0.3, -0.25) is 14.2 Å². The fraction of sp³-hybridized carbons (Fsp3) is 0.583. The Morgan fingerprint density at radius 1 is 1.61 bits per heavy atom. The second-order valence-electron chi connectivity index (χ2n) is 4.47. The molecule has 0 saturated heterocycles. The van der Waals surface area contributed by atoms with Gasteiger partial charge in [0, 0.05) is 30.8 Å². The molecule has 0 bridgehead atoms. The van der Waals surface area contributed by atoms with E-state index >= 15 is 0 Å². The van der Waals surface area contributed by atoms with E-state index in [1.807, 2.05) is 0 Å². The van der Waals surface area contributed by atoms with Crippen molar-refractivity contribution >= 4 is 5.91 Å². The van der Waals surface area contributed by atoms with E-state index in [-0.39, 0.29) is 30.4 Å². The Labute approximate surface area is 105 Å². The van der Waals surface area contributed by atoms with Gasteiger partial charge in [0.1, 0.15) is 0 Å². The number of aromatic nitrogens is 2. The fourth-order valence-corrected chi connectivity index (χ4v) is 1.70. The lowest BCUT2D eigenvalue weighted by molar-refractivity contribution is -0.121. The van der Waals surface area contributed by atoms with Gasteiger partial charge in [0.05, 0.1) is 7.11 Å². The van der Waals surface area contributed by atoms with Gasteiger partial charge in [-0.15, -0.1) is 0 Å². The summed E-state index contributed by atoms with van der Waals surface area (Å²) in [5.74, 6) is -0.0352. The molecule has 18 heavy (non-hydrogen) atoms. The minimum Gasteiger partial charge on any atom is -0.468 e. The van der Waals surface area contributed by atoms with Crippen LogP contribution in [0.5, 0.6) is 6.01 Å². The molecule has 1 aromatic heterocycles. The number of methoxy groups -OCH3 is 1. The Bertz CT molecular complexity index is 506. The zero-order chi connectivity index (χ0) is 13.1. The zero-order valence-corrected chi connectivity index (χ0v) is 10.6. The van der Waals surface area contributed by atoms with E-state index in [9.17, 15) is 9.59 Å². The summed E-state index contributed by atoms with van der Waals surface area (Å²) >= 11 is 0. The third-order valence-electron chi connectivity index (χ3n) is 2.79. The highest BCUT2D eigenvalue weighted by molar-refractivity contribution is 5.76. The number of nitrogens with zero attached hydrogens (tertiary/aromatic N) is 2. The molecule has 0 spiro atoms. The summed E-state index contributed by atoms with van der Waals surface area (Å²) in [4.78, 5) is 27.4. The summed E-state index contributed by atoms with van der Waals surface area (Å²) in [6.45, 7) is 2.02. The second-order valence-corrected chi connectivity index (χ2v) is 4.47. The van der Waals surface area contributed by atoms with Crippen LogP contribution in [0.2, 0.25) is 0 Å². The average molecular weight is 251 g/mol. The van der Waals surface area contributed by atoms with Crippen molar-refractivity contribution in [2.45, 2.75) is 38.8 Å². The molecule has 1 aliphatic rings. The third kappa shape index (κ3) is 3.09. The van der Waals surface area contributed by atoms with E-state index in [1.165, 1.54) is 17.7 Å². The SMILES string of the molecule is COc1nc(C)cc(=O)n1CCC(=O)NC1CC1. The summed E-state index contributed by atoms with van der Waals surface area (Å²) in [6, 6.07) is 2.02. The Morgan fingerprint density at radius 2 is 2.33 bits per heavy atom. The summed E-state index contributed by atoms with van der Waals surface area (Å²) in [5.41, 5.74) is 0.411. The Hall–Kier alpha value is -1.85. The molecule has 0 unspecified atom stereocenters. The molecule has 1 fully saturated rings. The minimum absolute atomic E-state index is 0.0352. The zero-order valence-electron chi connectivity index (χ0n) is 10.6.